The minimum atomic E-state index is -0.163. The minimum Gasteiger partial charge on any atom is -0.353 e. The summed E-state index contributed by atoms with van der Waals surface area (Å²) in [5, 5.41) is 5.63. The van der Waals surface area contributed by atoms with Gasteiger partial charge in [-0.3, -0.25) is 14.4 Å². The van der Waals surface area contributed by atoms with Crippen LogP contribution in [0.25, 0.3) is 5.69 Å². The Hall–Kier alpha value is -3.87. The van der Waals surface area contributed by atoms with Gasteiger partial charge in [0.05, 0.1) is 6.54 Å². The van der Waals surface area contributed by atoms with E-state index in [-0.39, 0.29) is 24.3 Å². The molecule has 0 spiro atoms. The summed E-state index contributed by atoms with van der Waals surface area (Å²) in [6.45, 7) is 5.52. The van der Waals surface area contributed by atoms with E-state index in [1.54, 1.807) is 12.1 Å². The van der Waals surface area contributed by atoms with E-state index in [1.165, 1.54) is 4.90 Å². The summed E-state index contributed by atoms with van der Waals surface area (Å²) >= 11 is 0. The number of carbonyl (C=O) groups excluding carboxylic acids is 3. The van der Waals surface area contributed by atoms with Crippen molar-refractivity contribution in [1.29, 1.82) is 0 Å². The zero-order valence-corrected chi connectivity index (χ0v) is 18.2. The second-order valence-corrected chi connectivity index (χ2v) is 7.95. The predicted molar refractivity (Wildman–Crippen MR) is 122 cm³/mol. The van der Waals surface area contributed by atoms with E-state index in [0.29, 0.717) is 30.8 Å². The fourth-order valence-electron chi connectivity index (χ4n) is 3.88. The fourth-order valence-corrected chi connectivity index (χ4v) is 3.88. The molecule has 4 rings (SSSR count). The summed E-state index contributed by atoms with van der Waals surface area (Å²) < 4.78 is 2.14. The van der Waals surface area contributed by atoms with Gasteiger partial charge in [-0.1, -0.05) is 12.1 Å². The van der Waals surface area contributed by atoms with Crippen LogP contribution >= 0.6 is 0 Å². The Labute approximate surface area is 187 Å². The average molecular weight is 431 g/mol. The maximum absolute atomic E-state index is 12.5. The summed E-state index contributed by atoms with van der Waals surface area (Å²) in [5.41, 5.74) is 5.32. The molecule has 3 aromatic rings. The molecule has 1 fully saturated rings. The van der Waals surface area contributed by atoms with Gasteiger partial charge in [0.2, 0.25) is 5.91 Å². The van der Waals surface area contributed by atoms with E-state index in [1.807, 2.05) is 36.4 Å². The molecule has 0 aliphatic carbocycles. The van der Waals surface area contributed by atoms with Gasteiger partial charge in [0, 0.05) is 47.8 Å². The molecule has 7 nitrogen and oxygen atoms in total. The first-order valence-corrected chi connectivity index (χ1v) is 10.6. The number of hydrogen-bond donors (Lipinski definition) is 2. The largest absolute Gasteiger partial charge is 0.353 e. The Balaban J connectivity index is 1.35. The van der Waals surface area contributed by atoms with Gasteiger partial charge >= 0.3 is 0 Å². The highest BCUT2D eigenvalue weighted by Crippen LogP contribution is 2.17. The standard InChI is InChI=1S/C25H26N4O3/c1-17-3-4-18(2)29(17)22-11-9-20(10-12-22)24(31)27-15-19-5-7-21(8-6-19)25(32)28-14-13-26-23(30)16-28/h3-12H,13-16H2,1-2H3,(H,26,30)(H,27,31). The van der Waals surface area contributed by atoms with Gasteiger partial charge in [-0.25, -0.2) is 0 Å². The van der Waals surface area contributed by atoms with Crippen molar-refractivity contribution < 1.29 is 14.4 Å². The van der Waals surface area contributed by atoms with E-state index in [9.17, 15) is 14.4 Å². The van der Waals surface area contributed by atoms with Crippen LogP contribution in [-0.2, 0) is 11.3 Å². The van der Waals surface area contributed by atoms with Crippen molar-refractivity contribution in [2.45, 2.75) is 20.4 Å². The zero-order chi connectivity index (χ0) is 22.7. The van der Waals surface area contributed by atoms with Crippen molar-refractivity contribution in [3.63, 3.8) is 0 Å². The molecule has 0 saturated carbocycles. The quantitative estimate of drug-likeness (QED) is 0.653. The number of piperazine rings is 1. The van der Waals surface area contributed by atoms with Crippen molar-refractivity contribution in [3.8, 4) is 5.69 Å². The van der Waals surface area contributed by atoms with Crippen molar-refractivity contribution in [1.82, 2.24) is 20.1 Å². The molecule has 2 N–H and O–H groups in total. The second-order valence-electron chi connectivity index (χ2n) is 7.95. The molecule has 2 aromatic carbocycles. The molecule has 32 heavy (non-hydrogen) atoms. The number of nitrogens with zero attached hydrogens (tertiary/aromatic N) is 2. The lowest BCUT2D eigenvalue weighted by atomic mass is 10.1. The lowest BCUT2D eigenvalue weighted by Gasteiger charge is -2.26. The Morgan fingerprint density at radius 3 is 2.16 bits per heavy atom. The van der Waals surface area contributed by atoms with E-state index in [2.05, 4.69) is 41.2 Å². The van der Waals surface area contributed by atoms with Crippen LogP contribution in [0.3, 0.4) is 0 Å². The highest BCUT2D eigenvalue weighted by atomic mass is 16.2. The first kappa shape index (κ1) is 21.4. The molecule has 0 unspecified atom stereocenters. The van der Waals surface area contributed by atoms with Crippen LogP contribution < -0.4 is 10.6 Å². The molecule has 164 valence electrons. The van der Waals surface area contributed by atoms with Gasteiger partial charge < -0.3 is 20.1 Å². The van der Waals surface area contributed by atoms with Crippen LogP contribution in [-0.4, -0.2) is 46.8 Å². The van der Waals surface area contributed by atoms with Gasteiger partial charge in [-0.05, 0) is 67.9 Å². The first-order chi connectivity index (χ1) is 15.4. The van der Waals surface area contributed by atoms with E-state index < -0.39 is 0 Å². The molecular weight excluding hydrogens is 404 g/mol. The third kappa shape index (κ3) is 4.56. The Morgan fingerprint density at radius 2 is 1.53 bits per heavy atom. The van der Waals surface area contributed by atoms with Crippen LogP contribution in [0.5, 0.6) is 0 Å². The summed E-state index contributed by atoms with van der Waals surface area (Å²) in [6.07, 6.45) is 0. The van der Waals surface area contributed by atoms with Gasteiger partial charge in [0.25, 0.3) is 11.8 Å². The third-order valence-electron chi connectivity index (χ3n) is 5.64. The molecule has 1 aliphatic rings. The Morgan fingerprint density at radius 1 is 0.906 bits per heavy atom. The van der Waals surface area contributed by atoms with E-state index in [0.717, 1.165) is 22.6 Å². The van der Waals surface area contributed by atoms with Crippen molar-refractivity contribution >= 4 is 17.7 Å². The molecule has 2 heterocycles. The molecular formula is C25H26N4O3. The number of aryl methyl sites for hydroxylation is 2. The average Bonchev–Trinajstić information content (AvgIpc) is 3.15. The zero-order valence-electron chi connectivity index (χ0n) is 18.2. The normalized spacial score (nSPS) is 13.6. The number of carbonyl (C=O) groups is 3. The maximum Gasteiger partial charge on any atom is 0.254 e. The number of hydrogen-bond acceptors (Lipinski definition) is 3. The smallest absolute Gasteiger partial charge is 0.254 e. The Kier molecular flexibility index (Phi) is 6.07. The van der Waals surface area contributed by atoms with Crippen LogP contribution in [0.2, 0.25) is 0 Å². The van der Waals surface area contributed by atoms with Gasteiger partial charge in [0.1, 0.15) is 0 Å². The van der Waals surface area contributed by atoms with E-state index >= 15 is 0 Å². The summed E-state index contributed by atoms with van der Waals surface area (Å²) in [5.74, 6) is -0.462. The number of benzene rings is 2. The molecule has 1 aliphatic heterocycles. The SMILES string of the molecule is Cc1ccc(C)n1-c1ccc(C(=O)NCc2ccc(C(=O)N3CCNC(=O)C3)cc2)cc1. The monoisotopic (exact) mass is 430 g/mol. The molecule has 0 atom stereocenters. The second kappa shape index (κ2) is 9.09. The molecule has 0 radical (unpaired) electrons. The summed E-state index contributed by atoms with van der Waals surface area (Å²) in [6, 6.07) is 18.7. The van der Waals surface area contributed by atoms with Gasteiger partial charge in [-0.2, -0.15) is 0 Å². The fraction of sp³-hybridized carbons (Fsp3) is 0.240. The first-order valence-electron chi connectivity index (χ1n) is 10.6. The molecule has 1 aromatic heterocycles. The van der Waals surface area contributed by atoms with Crippen LogP contribution in [0.4, 0.5) is 0 Å². The number of nitrogens with one attached hydrogen (secondary N) is 2. The summed E-state index contributed by atoms with van der Waals surface area (Å²) in [4.78, 5) is 38.1. The van der Waals surface area contributed by atoms with E-state index in [4.69, 9.17) is 0 Å². The predicted octanol–water partition coefficient (Wildman–Crippen LogP) is 2.60. The van der Waals surface area contributed by atoms with Crippen LogP contribution in [0.15, 0.2) is 60.7 Å². The minimum absolute atomic E-state index is 0.0822. The summed E-state index contributed by atoms with van der Waals surface area (Å²) in [7, 11) is 0. The van der Waals surface area contributed by atoms with Crippen LogP contribution in [0, 0.1) is 13.8 Å². The topological polar surface area (TPSA) is 83.4 Å². The molecule has 3 amide bonds. The van der Waals surface area contributed by atoms with Crippen molar-refractivity contribution in [2.24, 2.45) is 0 Å². The van der Waals surface area contributed by atoms with Gasteiger partial charge in [-0.15, -0.1) is 0 Å². The number of aromatic nitrogens is 1. The van der Waals surface area contributed by atoms with Crippen molar-refractivity contribution in [2.75, 3.05) is 19.6 Å². The lowest BCUT2D eigenvalue weighted by Crippen LogP contribution is -2.49. The number of rotatable bonds is 5. The molecule has 7 heteroatoms. The van der Waals surface area contributed by atoms with Gasteiger partial charge in [0.15, 0.2) is 0 Å². The maximum atomic E-state index is 12.5. The van der Waals surface area contributed by atoms with Crippen molar-refractivity contribution in [3.05, 3.63) is 88.7 Å². The third-order valence-corrected chi connectivity index (χ3v) is 5.64. The molecule has 1 saturated heterocycles. The highest BCUT2D eigenvalue weighted by Gasteiger charge is 2.22. The van der Waals surface area contributed by atoms with Crippen LogP contribution in [0.1, 0.15) is 37.7 Å². The lowest BCUT2D eigenvalue weighted by molar-refractivity contribution is -0.123. The highest BCUT2D eigenvalue weighted by molar-refractivity contribution is 5.97. The molecule has 0 bridgehead atoms. The Bertz CT molecular complexity index is 1130. The number of amides is 3.